The maximum atomic E-state index is 11.4. The second-order valence-corrected chi connectivity index (χ2v) is 5.60. The van der Waals surface area contributed by atoms with Crippen LogP contribution in [0.1, 0.15) is 11.1 Å². The topological polar surface area (TPSA) is 151 Å². The van der Waals surface area contributed by atoms with E-state index >= 15 is 0 Å². The summed E-state index contributed by atoms with van der Waals surface area (Å²) in [7, 11) is 0. The minimum Gasteiger partial charge on any atom is -0.405 e. The number of isocyanates is 2. The van der Waals surface area contributed by atoms with Gasteiger partial charge < -0.3 is 8.83 Å². The minimum atomic E-state index is -0.676. The van der Waals surface area contributed by atoms with E-state index in [-0.39, 0.29) is 22.5 Å². The molecule has 0 bridgehead atoms. The molecule has 132 valence electrons. The average Bonchev–Trinajstić information content (AvgIpc) is 3.17. The zero-order valence-electron chi connectivity index (χ0n) is 13.4. The largest absolute Gasteiger partial charge is 0.417 e. The van der Waals surface area contributed by atoms with Gasteiger partial charge in [0.1, 0.15) is 11.4 Å². The number of hydrogen-bond donors (Lipinski definition) is 2. The molecule has 0 saturated carbocycles. The van der Waals surface area contributed by atoms with E-state index < -0.39 is 11.5 Å². The summed E-state index contributed by atoms with van der Waals surface area (Å²) < 4.78 is 9.95. The number of aromatic amines is 2. The van der Waals surface area contributed by atoms with Crippen molar-refractivity contribution in [2.24, 2.45) is 9.98 Å². The third kappa shape index (κ3) is 2.93. The van der Waals surface area contributed by atoms with E-state index in [1.54, 1.807) is 24.3 Å². The van der Waals surface area contributed by atoms with Crippen molar-refractivity contribution < 1.29 is 18.4 Å². The average molecular weight is 364 g/mol. The van der Waals surface area contributed by atoms with Crippen molar-refractivity contribution in [2.75, 3.05) is 0 Å². The van der Waals surface area contributed by atoms with E-state index in [2.05, 4.69) is 20.0 Å². The number of aliphatic imine (C=N–C) groups is 2. The Morgan fingerprint density at radius 3 is 1.63 bits per heavy atom. The van der Waals surface area contributed by atoms with Gasteiger partial charge in [0.15, 0.2) is 11.2 Å². The summed E-state index contributed by atoms with van der Waals surface area (Å²) in [4.78, 5) is 56.3. The Hall–Kier alpha value is -4.26. The first-order valence-corrected chi connectivity index (χ1v) is 7.54. The van der Waals surface area contributed by atoms with E-state index in [0.29, 0.717) is 28.6 Å². The SMILES string of the molecule is O=C=Nc1cc(Cc2cc(N=C=O)c3oc(=O)[nH]c3c2)cc2[nH]c(=O)oc12. The van der Waals surface area contributed by atoms with Crippen LogP contribution in [0.4, 0.5) is 11.4 Å². The van der Waals surface area contributed by atoms with Crippen LogP contribution in [-0.2, 0) is 16.0 Å². The summed E-state index contributed by atoms with van der Waals surface area (Å²) in [6, 6.07) is 6.45. The van der Waals surface area contributed by atoms with E-state index in [1.165, 1.54) is 12.2 Å². The fourth-order valence-electron chi connectivity index (χ4n) is 2.90. The lowest BCUT2D eigenvalue weighted by molar-refractivity contribution is 0.554. The van der Waals surface area contributed by atoms with Gasteiger partial charge in [-0.15, -0.1) is 0 Å². The highest BCUT2D eigenvalue weighted by molar-refractivity contribution is 5.87. The number of carbonyl (C=O) groups excluding carboxylic acids is 2. The Kier molecular flexibility index (Phi) is 3.74. The van der Waals surface area contributed by atoms with Crippen molar-refractivity contribution in [1.82, 2.24) is 9.97 Å². The summed E-state index contributed by atoms with van der Waals surface area (Å²) >= 11 is 0. The Morgan fingerprint density at radius 2 is 1.22 bits per heavy atom. The minimum absolute atomic E-state index is 0.146. The van der Waals surface area contributed by atoms with Crippen LogP contribution in [0.2, 0.25) is 0 Å². The lowest BCUT2D eigenvalue weighted by Crippen LogP contribution is -1.93. The Morgan fingerprint density at radius 1 is 0.778 bits per heavy atom. The molecule has 2 aromatic heterocycles. The Bertz CT molecular complexity index is 1300. The first kappa shape index (κ1) is 16.2. The number of oxazole rings is 2. The number of rotatable bonds is 4. The molecule has 0 saturated heterocycles. The molecule has 27 heavy (non-hydrogen) atoms. The molecule has 0 fully saturated rings. The van der Waals surface area contributed by atoms with Crippen LogP contribution < -0.4 is 11.5 Å². The molecule has 0 spiro atoms. The van der Waals surface area contributed by atoms with Gasteiger partial charge >= 0.3 is 11.5 Å². The molecular formula is C17H8N4O6. The van der Waals surface area contributed by atoms with Gasteiger partial charge in [-0.05, 0) is 41.8 Å². The third-order valence-electron chi connectivity index (χ3n) is 3.86. The molecular weight excluding hydrogens is 356 g/mol. The number of H-pyrrole nitrogens is 2. The molecule has 2 N–H and O–H groups in total. The lowest BCUT2D eigenvalue weighted by atomic mass is 10.0. The lowest BCUT2D eigenvalue weighted by Gasteiger charge is -2.05. The number of benzene rings is 2. The van der Waals surface area contributed by atoms with Crippen molar-refractivity contribution in [3.05, 3.63) is 56.5 Å². The molecule has 0 radical (unpaired) electrons. The molecule has 2 aromatic carbocycles. The van der Waals surface area contributed by atoms with Crippen LogP contribution in [-0.4, -0.2) is 22.1 Å². The molecule has 0 atom stereocenters. The van der Waals surface area contributed by atoms with Crippen LogP contribution >= 0.6 is 0 Å². The maximum Gasteiger partial charge on any atom is 0.417 e. The van der Waals surface area contributed by atoms with Gasteiger partial charge in [-0.25, -0.2) is 19.2 Å². The number of nitrogens with one attached hydrogen (secondary N) is 2. The van der Waals surface area contributed by atoms with Gasteiger partial charge in [-0.1, -0.05) is 0 Å². The molecule has 4 aromatic rings. The first-order chi connectivity index (χ1) is 13.1. The van der Waals surface area contributed by atoms with Gasteiger partial charge in [0.25, 0.3) is 0 Å². The van der Waals surface area contributed by atoms with Crippen molar-refractivity contribution in [3.63, 3.8) is 0 Å². The fourth-order valence-corrected chi connectivity index (χ4v) is 2.90. The standard InChI is InChI=1S/C17H8N4O6/c22-6-18-10-2-8(4-12-14(10)26-16(24)20-12)1-9-3-11(19-7-23)15-13(5-9)21-17(25)27-15/h2-5H,1H2,(H,20,24)(H,21,25). The number of fused-ring (bicyclic) bond motifs is 2. The first-order valence-electron chi connectivity index (χ1n) is 7.54. The van der Waals surface area contributed by atoms with E-state index in [0.717, 1.165) is 0 Å². The van der Waals surface area contributed by atoms with Crippen LogP contribution in [0, 0.1) is 0 Å². The van der Waals surface area contributed by atoms with Crippen LogP contribution in [0.3, 0.4) is 0 Å². The second kappa shape index (κ2) is 6.23. The van der Waals surface area contributed by atoms with Crippen molar-refractivity contribution in [2.45, 2.75) is 6.42 Å². The van der Waals surface area contributed by atoms with Crippen molar-refractivity contribution in [3.8, 4) is 0 Å². The predicted octanol–water partition coefficient (Wildman–Crippen LogP) is 2.08. The van der Waals surface area contributed by atoms with Crippen molar-refractivity contribution >= 4 is 45.7 Å². The van der Waals surface area contributed by atoms with Gasteiger partial charge in [0.2, 0.25) is 12.2 Å². The third-order valence-corrected chi connectivity index (χ3v) is 3.86. The molecule has 4 rings (SSSR count). The fraction of sp³-hybridized carbons (Fsp3) is 0.0588. The van der Waals surface area contributed by atoms with Gasteiger partial charge in [0, 0.05) is 0 Å². The summed E-state index contributed by atoms with van der Waals surface area (Å²) in [5.74, 6) is -1.35. The molecule has 10 heteroatoms. The smallest absolute Gasteiger partial charge is 0.405 e. The van der Waals surface area contributed by atoms with Gasteiger partial charge in [0.05, 0.1) is 11.0 Å². The van der Waals surface area contributed by atoms with Crippen molar-refractivity contribution in [1.29, 1.82) is 0 Å². The van der Waals surface area contributed by atoms with Gasteiger partial charge in [-0.3, -0.25) is 9.97 Å². The molecule has 0 unspecified atom stereocenters. The summed E-state index contributed by atoms with van der Waals surface area (Å²) in [5.41, 5.74) is 2.70. The number of aromatic nitrogens is 2. The molecule has 0 amide bonds. The predicted molar refractivity (Wildman–Crippen MR) is 92.0 cm³/mol. The van der Waals surface area contributed by atoms with Gasteiger partial charge in [-0.2, -0.15) is 9.98 Å². The molecule has 2 heterocycles. The van der Waals surface area contributed by atoms with E-state index in [1.807, 2.05) is 0 Å². The number of hydrogen-bond acceptors (Lipinski definition) is 8. The summed E-state index contributed by atoms with van der Waals surface area (Å²) in [6.07, 6.45) is 3.15. The zero-order valence-corrected chi connectivity index (χ0v) is 13.4. The summed E-state index contributed by atoms with van der Waals surface area (Å²) in [6.45, 7) is 0. The molecule has 0 aliphatic carbocycles. The summed E-state index contributed by atoms with van der Waals surface area (Å²) in [5, 5.41) is 0. The van der Waals surface area contributed by atoms with Crippen LogP contribution in [0.25, 0.3) is 22.2 Å². The normalized spacial score (nSPS) is 10.7. The Labute approximate surface area is 147 Å². The highest BCUT2D eigenvalue weighted by atomic mass is 16.4. The zero-order chi connectivity index (χ0) is 19.0. The van der Waals surface area contributed by atoms with Crippen LogP contribution in [0.15, 0.2) is 52.7 Å². The van der Waals surface area contributed by atoms with E-state index in [4.69, 9.17) is 8.83 Å². The molecule has 10 nitrogen and oxygen atoms in total. The molecule has 0 aliphatic rings. The Balaban J connectivity index is 1.86. The van der Waals surface area contributed by atoms with E-state index in [9.17, 15) is 19.2 Å². The maximum absolute atomic E-state index is 11.4. The number of nitrogens with zero attached hydrogens (tertiary/aromatic N) is 2. The quantitative estimate of drug-likeness (QED) is 0.418. The monoisotopic (exact) mass is 364 g/mol. The highest BCUT2D eigenvalue weighted by Crippen LogP contribution is 2.30. The van der Waals surface area contributed by atoms with Crippen LogP contribution in [0.5, 0.6) is 0 Å². The molecule has 0 aliphatic heterocycles. The second-order valence-electron chi connectivity index (χ2n) is 5.60. The highest BCUT2D eigenvalue weighted by Gasteiger charge is 2.13.